The van der Waals surface area contributed by atoms with Crippen LogP contribution in [0.1, 0.15) is 30.7 Å². The molecule has 1 amide bonds. The van der Waals surface area contributed by atoms with E-state index in [2.05, 4.69) is 15.2 Å². The fraction of sp³-hybridized carbons (Fsp3) is 0.438. The number of aryl methyl sites for hydroxylation is 1. The maximum atomic E-state index is 12.4. The van der Waals surface area contributed by atoms with Crippen molar-refractivity contribution >= 4 is 39.6 Å². The van der Waals surface area contributed by atoms with E-state index < -0.39 is 5.97 Å². The number of thiophene rings is 1. The van der Waals surface area contributed by atoms with Crippen molar-refractivity contribution in [1.82, 2.24) is 9.88 Å². The van der Waals surface area contributed by atoms with E-state index in [0.29, 0.717) is 22.8 Å². The molecule has 0 unspecified atom stereocenters. The van der Waals surface area contributed by atoms with Crippen LogP contribution in [0.2, 0.25) is 0 Å². The number of morpholine rings is 1. The predicted molar refractivity (Wildman–Crippen MR) is 96.6 cm³/mol. The number of amides is 1. The number of carbonyl (C=O) groups excluding carboxylic acids is 2. The number of nitrogens with zero attached hydrogens (tertiary/aromatic N) is 2. The molecule has 0 radical (unpaired) electrons. The standard InChI is InChI=1S/C16H19N3O4S2/c1-10-7-11(16(21)22-2)15(25-10)18-14(20)12-9-24-13(17-12)8-19-3-5-23-6-4-19/h7,9H,3-6,8H2,1-2H3,(H,18,20). The highest BCUT2D eigenvalue weighted by atomic mass is 32.1. The number of anilines is 1. The SMILES string of the molecule is COC(=O)c1cc(C)sc1NC(=O)c1csc(CN2CCOCC2)n1. The summed E-state index contributed by atoms with van der Waals surface area (Å²) in [5, 5.41) is 5.88. The third kappa shape index (κ3) is 4.43. The van der Waals surface area contributed by atoms with E-state index in [9.17, 15) is 9.59 Å². The summed E-state index contributed by atoms with van der Waals surface area (Å²) >= 11 is 2.80. The molecular formula is C16H19N3O4S2. The number of hydrogen-bond acceptors (Lipinski definition) is 8. The summed E-state index contributed by atoms with van der Waals surface area (Å²) in [6.07, 6.45) is 0. The van der Waals surface area contributed by atoms with Crippen molar-refractivity contribution in [1.29, 1.82) is 0 Å². The van der Waals surface area contributed by atoms with E-state index in [1.165, 1.54) is 29.8 Å². The smallest absolute Gasteiger partial charge is 0.340 e. The van der Waals surface area contributed by atoms with Gasteiger partial charge in [-0.15, -0.1) is 22.7 Å². The third-order valence-electron chi connectivity index (χ3n) is 3.73. The highest BCUT2D eigenvalue weighted by molar-refractivity contribution is 7.16. The Hall–Kier alpha value is -1.81. The maximum Gasteiger partial charge on any atom is 0.340 e. The van der Waals surface area contributed by atoms with E-state index in [4.69, 9.17) is 9.47 Å². The van der Waals surface area contributed by atoms with Gasteiger partial charge in [0.2, 0.25) is 0 Å². The highest BCUT2D eigenvalue weighted by Crippen LogP contribution is 2.28. The normalized spacial score (nSPS) is 15.1. The molecule has 3 heterocycles. The lowest BCUT2D eigenvalue weighted by atomic mass is 10.3. The van der Waals surface area contributed by atoms with Gasteiger partial charge in [0, 0.05) is 23.3 Å². The Bertz CT molecular complexity index is 765. The van der Waals surface area contributed by atoms with Crippen LogP contribution in [0.3, 0.4) is 0 Å². The molecule has 0 aliphatic carbocycles. The molecule has 1 fully saturated rings. The molecule has 134 valence electrons. The van der Waals surface area contributed by atoms with Gasteiger partial charge in [0.15, 0.2) is 0 Å². The number of hydrogen-bond donors (Lipinski definition) is 1. The fourth-order valence-electron chi connectivity index (χ4n) is 2.47. The summed E-state index contributed by atoms with van der Waals surface area (Å²) in [6, 6.07) is 1.71. The summed E-state index contributed by atoms with van der Waals surface area (Å²) in [7, 11) is 1.32. The van der Waals surface area contributed by atoms with Crippen molar-refractivity contribution in [3.63, 3.8) is 0 Å². The zero-order valence-corrected chi connectivity index (χ0v) is 15.7. The van der Waals surface area contributed by atoms with Gasteiger partial charge >= 0.3 is 5.97 Å². The van der Waals surface area contributed by atoms with Crippen molar-refractivity contribution in [2.45, 2.75) is 13.5 Å². The van der Waals surface area contributed by atoms with Crippen LogP contribution in [-0.4, -0.2) is 55.2 Å². The molecule has 1 N–H and O–H groups in total. The number of thiazole rings is 1. The molecule has 2 aromatic heterocycles. The zero-order valence-electron chi connectivity index (χ0n) is 14.0. The zero-order chi connectivity index (χ0) is 17.8. The van der Waals surface area contributed by atoms with Crippen LogP contribution in [0.5, 0.6) is 0 Å². The first-order valence-corrected chi connectivity index (χ1v) is 9.51. The van der Waals surface area contributed by atoms with Crippen molar-refractivity contribution < 1.29 is 19.1 Å². The average Bonchev–Trinajstić information content (AvgIpc) is 3.22. The van der Waals surface area contributed by atoms with Crippen LogP contribution in [0.15, 0.2) is 11.4 Å². The van der Waals surface area contributed by atoms with Gasteiger partial charge in [-0.05, 0) is 13.0 Å². The summed E-state index contributed by atoms with van der Waals surface area (Å²) < 4.78 is 10.1. The molecule has 0 aromatic carbocycles. The quantitative estimate of drug-likeness (QED) is 0.801. The largest absolute Gasteiger partial charge is 0.465 e. The Labute approximate surface area is 153 Å². The fourth-order valence-corrected chi connectivity index (χ4v) is 4.18. The Balaban J connectivity index is 1.67. The molecule has 25 heavy (non-hydrogen) atoms. The van der Waals surface area contributed by atoms with Gasteiger partial charge in [0.1, 0.15) is 15.7 Å². The lowest BCUT2D eigenvalue weighted by Crippen LogP contribution is -2.35. The minimum absolute atomic E-state index is 0.323. The van der Waals surface area contributed by atoms with Gasteiger partial charge < -0.3 is 14.8 Å². The predicted octanol–water partition coefficient (Wildman–Crippen LogP) is 2.38. The number of esters is 1. The molecule has 7 nitrogen and oxygen atoms in total. The molecular weight excluding hydrogens is 362 g/mol. The van der Waals surface area contributed by atoms with E-state index in [-0.39, 0.29) is 5.91 Å². The van der Waals surface area contributed by atoms with Crippen molar-refractivity contribution in [3.8, 4) is 0 Å². The topological polar surface area (TPSA) is 80.8 Å². The first-order valence-electron chi connectivity index (χ1n) is 7.81. The second-order valence-electron chi connectivity index (χ2n) is 5.56. The number of nitrogens with one attached hydrogen (secondary N) is 1. The number of rotatable bonds is 5. The molecule has 2 aromatic rings. The third-order valence-corrected chi connectivity index (χ3v) is 5.53. The second kappa shape index (κ2) is 8.05. The Morgan fingerprint density at radius 1 is 1.40 bits per heavy atom. The van der Waals surface area contributed by atoms with E-state index >= 15 is 0 Å². The first kappa shape index (κ1) is 18.0. The summed E-state index contributed by atoms with van der Waals surface area (Å²) in [5.74, 6) is -0.789. The van der Waals surface area contributed by atoms with Gasteiger partial charge in [-0.25, -0.2) is 9.78 Å². The van der Waals surface area contributed by atoms with Crippen LogP contribution in [-0.2, 0) is 16.0 Å². The van der Waals surface area contributed by atoms with Crippen molar-refractivity contribution in [3.05, 3.63) is 32.6 Å². The molecule has 0 saturated carbocycles. The van der Waals surface area contributed by atoms with Crippen LogP contribution < -0.4 is 5.32 Å². The van der Waals surface area contributed by atoms with Crippen molar-refractivity contribution in [2.24, 2.45) is 0 Å². The lowest BCUT2D eigenvalue weighted by Gasteiger charge is -2.25. The molecule has 9 heteroatoms. The maximum absolute atomic E-state index is 12.4. The number of ether oxygens (including phenoxy) is 2. The Morgan fingerprint density at radius 2 is 2.16 bits per heavy atom. The molecule has 3 rings (SSSR count). The van der Waals surface area contributed by atoms with Gasteiger partial charge in [0.05, 0.1) is 32.4 Å². The van der Waals surface area contributed by atoms with E-state index in [1.54, 1.807) is 11.4 Å². The monoisotopic (exact) mass is 381 g/mol. The highest BCUT2D eigenvalue weighted by Gasteiger charge is 2.20. The minimum atomic E-state index is -0.467. The molecule has 1 saturated heterocycles. The molecule has 1 aliphatic heterocycles. The molecule has 0 atom stereocenters. The van der Waals surface area contributed by atoms with Crippen LogP contribution in [0, 0.1) is 6.92 Å². The average molecular weight is 381 g/mol. The number of methoxy groups -OCH3 is 1. The lowest BCUT2D eigenvalue weighted by molar-refractivity contribution is 0.0341. The minimum Gasteiger partial charge on any atom is -0.465 e. The van der Waals surface area contributed by atoms with Gasteiger partial charge in [0.25, 0.3) is 5.91 Å². The summed E-state index contributed by atoms with van der Waals surface area (Å²) in [5.41, 5.74) is 0.720. The van der Waals surface area contributed by atoms with E-state index in [1.807, 2.05) is 6.92 Å². The summed E-state index contributed by atoms with van der Waals surface area (Å²) in [4.78, 5) is 31.8. The van der Waals surface area contributed by atoms with Gasteiger partial charge in [-0.2, -0.15) is 0 Å². The number of carbonyl (C=O) groups is 2. The molecule has 0 bridgehead atoms. The Kier molecular flexibility index (Phi) is 5.79. The van der Waals surface area contributed by atoms with Gasteiger partial charge in [-0.3, -0.25) is 9.69 Å². The molecule has 0 spiro atoms. The molecule has 1 aliphatic rings. The second-order valence-corrected chi connectivity index (χ2v) is 7.76. The van der Waals surface area contributed by atoms with Crippen LogP contribution >= 0.6 is 22.7 Å². The van der Waals surface area contributed by atoms with Gasteiger partial charge in [-0.1, -0.05) is 0 Å². The van der Waals surface area contributed by atoms with Crippen LogP contribution in [0.25, 0.3) is 0 Å². The number of aromatic nitrogens is 1. The first-order chi connectivity index (χ1) is 12.1. The van der Waals surface area contributed by atoms with Crippen molar-refractivity contribution in [2.75, 3.05) is 38.7 Å². The Morgan fingerprint density at radius 3 is 2.88 bits per heavy atom. The summed E-state index contributed by atoms with van der Waals surface area (Å²) in [6.45, 7) is 5.79. The van der Waals surface area contributed by atoms with E-state index in [0.717, 1.165) is 36.2 Å². The van der Waals surface area contributed by atoms with Crippen LogP contribution in [0.4, 0.5) is 5.00 Å².